The molecule has 0 aliphatic heterocycles. The van der Waals surface area contributed by atoms with Gasteiger partial charge in [-0.3, -0.25) is 4.79 Å². The molecule has 0 bridgehead atoms. The maximum Gasteiger partial charge on any atom is 0.276 e. The predicted octanol–water partition coefficient (Wildman–Crippen LogP) is 2.70. The number of ether oxygens (including phenoxy) is 1. The quantitative estimate of drug-likeness (QED) is 0.628. The highest BCUT2D eigenvalue weighted by molar-refractivity contribution is 5.84. The van der Waals surface area contributed by atoms with E-state index in [0.717, 1.165) is 44.9 Å². The molecule has 0 spiro atoms. The van der Waals surface area contributed by atoms with Gasteiger partial charge in [0.25, 0.3) is 5.56 Å². The fourth-order valence-electron chi connectivity index (χ4n) is 2.67. The Kier molecular flexibility index (Phi) is 7.78. The molecule has 0 saturated carbocycles. The van der Waals surface area contributed by atoms with E-state index in [0.29, 0.717) is 29.8 Å². The second-order valence-electron chi connectivity index (χ2n) is 6.40. The lowest BCUT2D eigenvalue weighted by Gasteiger charge is -2.11. The van der Waals surface area contributed by atoms with E-state index in [2.05, 4.69) is 22.2 Å². The third-order valence-electron chi connectivity index (χ3n) is 4.12. The summed E-state index contributed by atoms with van der Waals surface area (Å²) >= 11 is 0. The summed E-state index contributed by atoms with van der Waals surface area (Å²) in [6, 6.07) is 0. The van der Waals surface area contributed by atoms with Crippen LogP contribution in [0.5, 0.6) is 5.88 Å². The summed E-state index contributed by atoms with van der Waals surface area (Å²) in [7, 11) is 0. The van der Waals surface area contributed by atoms with Crippen LogP contribution in [0.15, 0.2) is 17.2 Å². The first-order chi connectivity index (χ1) is 12.1. The number of aliphatic hydroxyl groups is 1. The Balaban J connectivity index is 2.11. The molecule has 7 nitrogen and oxygen atoms in total. The number of unbranched alkanes of at least 4 members (excludes halogenated alkanes) is 4. The van der Waals surface area contributed by atoms with Gasteiger partial charge in [0.1, 0.15) is 0 Å². The number of hydrogen-bond acceptors (Lipinski definition) is 6. The van der Waals surface area contributed by atoms with Crippen LogP contribution >= 0.6 is 0 Å². The van der Waals surface area contributed by atoms with Crippen LogP contribution in [0.1, 0.15) is 58.8 Å². The highest BCUT2D eigenvalue weighted by Gasteiger charge is 2.12. The van der Waals surface area contributed by atoms with Crippen molar-refractivity contribution in [3.05, 3.63) is 22.7 Å². The van der Waals surface area contributed by atoms with Crippen molar-refractivity contribution in [2.75, 3.05) is 6.61 Å². The molecule has 1 atom stereocenters. The molecule has 2 aromatic heterocycles. The lowest BCUT2D eigenvalue weighted by Crippen LogP contribution is -2.24. The minimum absolute atomic E-state index is 0.150. The van der Waals surface area contributed by atoms with E-state index >= 15 is 0 Å². The molecule has 0 unspecified atom stereocenters. The molecule has 1 N–H and O–H groups in total. The van der Waals surface area contributed by atoms with Gasteiger partial charge >= 0.3 is 0 Å². The van der Waals surface area contributed by atoms with E-state index in [1.165, 1.54) is 17.1 Å². The molecule has 2 aromatic rings. The number of aromatic nitrogens is 4. The van der Waals surface area contributed by atoms with Crippen molar-refractivity contribution in [3.63, 3.8) is 0 Å². The van der Waals surface area contributed by atoms with Crippen molar-refractivity contribution in [3.8, 4) is 5.88 Å². The molecule has 7 heteroatoms. The van der Waals surface area contributed by atoms with Gasteiger partial charge in [-0.15, -0.1) is 5.10 Å². The molecule has 0 amide bonds. The monoisotopic (exact) mass is 348 g/mol. The average molecular weight is 348 g/mol. The topological polar surface area (TPSA) is 90.1 Å². The Bertz CT molecular complexity index is 715. The fraction of sp³-hybridized carbons (Fsp3) is 0.667. The first kappa shape index (κ1) is 19.3. The lowest BCUT2D eigenvalue weighted by atomic mass is 10.2. The smallest absolute Gasteiger partial charge is 0.276 e. The van der Waals surface area contributed by atoms with Crippen LogP contribution in [0.4, 0.5) is 0 Å². The van der Waals surface area contributed by atoms with E-state index in [1.54, 1.807) is 6.92 Å². The summed E-state index contributed by atoms with van der Waals surface area (Å²) < 4.78 is 7.28. The minimum Gasteiger partial charge on any atom is -0.476 e. The lowest BCUT2D eigenvalue weighted by molar-refractivity contribution is 0.176. The van der Waals surface area contributed by atoms with E-state index in [-0.39, 0.29) is 11.7 Å². The zero-order valence-electron chi connectivity index (χ0n) is 15.1. The number of hydrogen-bond donors (Lipinski definition) is 1. The van der Waals surface area contributed by atoms with Gasteiger partial charge in [-0.25, -0.2) is 4.68 Å². The van der Waals surface area contributed by atoms with Gasteiger partial charge in [-0.05, 0) is 32.6 Å². The summed E-state index contributed by atoms with van der Waals surface area (Å²) in [4.78, 5) is 12.5. The molecule has 0 saturated heterocycles. The second kappa shape index (κ2) is 10.1. The number of aryl methyl sites for hydroxylation is 1. The minimum atomic E-state index is -0.292. The normalized spacial score (nSPS) is 12.4. The van der Waals surface area contributed by atoms with E-state index in [4.69, 9.17) is 4.74 Å². The molecule has 2 heterocycles. The number of rotatable bonds is 11. The van der Waals surface area contributed by atoms with E-state index in [9.17, 15) is 9.90 Å². The highest BCUT2D eigenvalue weighted by Crippen LogP contribution is 2.19. The SMILES string of the molecule is CCCCCCn1nc(OCCCC[C@@H](C)O)c2cnncc2c1=O. The van der Waals surface area contributed by atoms with Gasteiger partial charge in [-0.2, -0.15) is 10.2 Å². The van der Waals surface area contributed by atoms with Crippen LogP contribution in [0, 0.1) is 0 Å². The van der Waals surface area contributed by atoms with Crippen LogP contribution in [-0.2, 0) is 6.54 Å². The Morgan fingerprint density at radius 1 is 1.12 bits per heavy atom. The molecule has 0 aliphatic carbocycles. The predicted molar refractivity (Wildman–Crippen MR) is 96.8 cm³/mol. The maximum absolute atomic E-state index is 12.5. The summed E-state index contributed by atoms with van der Waals surface area (Å²) in [5.74, 6) is 0.428. The van der Waals surface area contributed by atoms with E-state index in [1.807, 2.05) is 0 Å². The van der Waals surface area contributed by atoms with Crippen molar-refractivity contribution in [1.82, 2.24) is 20.0 Å². The van der Waals surface area contributed by atoms with Gasteiger partial charge in [-0.1, -0.05) is 26.2 Å². The summed E-state index contributed by atoms with van der Waals surface area (Å²) in [5.41, 5.74) is -0.150. The zero-order valence-corrected chi connectivity index (χ0v) is 15.1. The third kappa shape index (κ3) is 5.77. The van der Waals surface area contributed by atoms with Crippen molar-refractivity contribution in [1.29, 1.82) is 0 Å². The summed E-state index contributed by atoms with van der Waals surface area (Å²) in [6.07, 6.45) is 9.45. The van der Waals surface area contributed by atoms with Crippen LogP contribution in [0.25, 0.3) is 10.8 Å². The molecule has 0 aromatic carbocycles. The Morgan fingerprint density at radius 2 is 1.88 bits per heavy atom. The van der Waals surface area contributed by atoms with Gasteiger partial charge < -0.3 is 9.84 Å². The third-order valence-corrected chi connectivity index (χ3v) is 4.12. The average Bonchev–Trinajstić information content (AvgIpc) is 2.61. The molecular weight excluding hydrogens is 320 g/mol. The molecular formula is C18H28N4O3. The largest absolute Gasteiger partial charge is 0.476 e. The first-order valence-electron chi connectivity index (χ1n) is 9.16. The van der Waals surface area contributed by atoms with Crippen LogP contribution < -0.4 is 10.3 Å². The van der Waals surface area contributed by atoms with Gasteiger partial charge in [0, 0.05) is 6.54 Å². The first-order valence-corrected chi connectivity index (χ1v) is 9.16. The van der Waals surface area contributed by atoms with Gasteiger partial charge in [0.15, 0.2) is 0 Å². The van der Waals surface area contributed by atoms with Gasteiger partial charge in [0.05, 0.1) is 35.9 Å². The second-order valence-corrected chi connectivity index (χ2v) is 6.40. The van der Waals surface area contributed by atoms with Gasteiger partial charge in [0.2, 0.25) is 5.88 Å². The van der Waals surface area contributed by atoms with Crippen molar-refractivity contribution >= 4 is 10.8 Å². The van der Waals surface area contributed by atoms with Crippen LogP contribution in [0.2, 0.25) is 0 Å². The number of fused-ring (bicyclic) bond motifs is 1. The number of nitrogens with zero attached hydrogens (tertiary/aromatic N) is 4. The summed E-state index contributed by atoms with van der Waals surface area (Å²) in [6.45, 7) is 5.01. The molecule has 25 heavy (non-hydrogen) atoms. The molecule has 2 rings (SSSR count). The maximum atomic E-state index is 12.5. The molecule has 0 radical (unpaired) electrons. The molecule has 0 fully saturated rings. The summed E-state index contributed by atoms with van der Waals surface area (Å²) in [5, 5.41) is 22.4. The van der Waals surface area contributed by atoms with Crippen LogP contribution in [-0.4, -0.2) is 37.8 Å². The van der Waals surface area contributed by atoms with Crippen LogP contribution in [0.3, 0.4) is 0 Å². The van der Waals surface area contributed by atoms with Crippen molar-refractivity contribution in [2.24, 2.45) is 0 Å². The van der Waals surface area contributed by atoms with Crippen molar-refractivity contribution < 1.29 is 9.84 Å². The highest BCUT2D eigenvalue weighted by atomic mass is 16.5. The standard InChI is InChI=1S/C18H28N4O3/c1-3-4-5-7-10-22-18(24)16-13-20-19-12-15(16)17(21-22)25-11-8-6-9-14(2)23/h12-14,23H,3-11H2,1-2H3/t14-/m1/s1. The molecule has 138 valence electrons. The Morgan fingerprint density at radius 3 is 2.60 bits per heavy atom. The van der Waals surface area contributed by atoms with Crippen molar-refractivity contribution in [2.45, 2.75) is 71.4 Å². The Labute approximate surface area is 148 Å². The molecule has 0 aliphatic rings. The number of aliphatic hydroxyl groups excluding tert-OH is 1. The zero-order chi connectivity index (χ0) is 18.1. The Hall–Kier alpha value is -2.02. The van der Waals surface area contributed by atoms with E-state index < -0.39 is 0 Å². The fourth-order valence-corrected chi connectivity index (χ4v) is 2.67.